The number of aryl methyl sites for hydroxylation is 1. The van der Waals surface area contributed by atoms with Crippen molar-refractivity contribution < 1.29 is 9.59 Å². The second kappa shape index (κ2) is 6.61. The van der Waals surface area contributed by atoms with Crippen LogP contribution in [0.4, 0.5) is 11.4 Å². The third-order valence-electron chi connectivity index (χ3n) is 3.81. The van der Waals surface area contributed by atoms with E-state index in [1.54, 1.807) is 11.0 Å². The third kappa shape index (κ3) is 3.97. The zero-order chi connectivity index (χ0) is 15.4. The van der Waals surface area contributed by atoms with Crippen LogP contribution in [0.5, 0.6) is 0 Å². The topological polar surface area (TPSA) is 75.4 Å². The lowest BCUT2D eigenvalue weighted by atomic mass is 10.0. The van der Waals surface area contributed by atoms with Crippen molar-refractivity contribution in [3.63, 3.8) is 0 Å². The molecule has 3 N–H and O–H groups in total. The van der Waals surface area contributed by atoms with E-state index in [1.807, 2.05) is 19.1 Å². The minimum Gasteiger partial charge on any atom is -0.397 e. The number of nitrogen functional groups attached to an aromatic ring is 1. The Hall–Kier alpha value is -2.04. The van der Waals surface area contributed by atoms with Gasteiger partial charge in [0, 0.05) is 13.0 Å². The van der Waals surface area contributed by atoms with Crippen LogP contribution in [0.3, 0.4) is 0 Å². The maximum Gasteiger partial charge on any atom is 0.244 e. The lowest BCUT2D eigenvalue weighted by molar-refractivity contribution is -0.131. The number of amides is 2. The van der Waals surface area contributed by atoms with Crippen LogP contribution in [0.1, 0.15) is 31.7 Å². The molecule has 0 saturated carbocycles. The number of nitrogens with one attached hydrogen (secondary N) is 1. The van der Waals surface area contributed by atoms with E-state index in [0.717, 1.165) is 18.4 Å². The molecular formula is C16H23N3O2. The number of benzene rings is 1. The Balaban J connectivity index is 1.91. The highest BCUT2D eigenvalue weighted by Gasteiger charge is 2.30. The van der Waals surface area contributed by atoms with E-state index in [1.165, 1.54) is 0 Å². The van der Waals surface area contributed by atoms with E-state index in [-0.39, 0.29) is 18.4 Å². The second-order valence-corrected chi connectivity index (χ2v) is 5.77. The summed E-state index contributed by atoms with van der Waals surface area (Å²) in [5, 5.41) is 2.77. The van der Waals surface area contributed by atoms with Crippen LogP contribution < -0.4 is 11.1 Å². The zero-order valence-electron chi connectivity index (χ0n) is 12.7. The Labute approximate surface area is 125 Å². The fourth-order valence-corrected chi connectivity index (χ4v) is 2.77. The van der Waals surface area contributed by atoms with Gasteiger partial charge in [0.15, 0.2) is 0 Å². The summed E-state index contributed by atoms with van der Waals surface area (Å²) in [7, 11) is 0. The number of rotatable bonds is 5. The van der Waals surface area contributed by atoms with Crippen LogP contribution in [0.2, 0.25) is 0 Å². The molecule has 5 nitrogen and oxygen atoms in total. The van der Waals surface area contributed by atoms with Crippen molar-refractivity contribution in [1.29, 1.82) is 0 Å². The summed E-state index contributed by atoms with van der Waals surface area (Å²) >= 11 is 0. The average molecular weight is 289 g/mol. The van der Waals surface area contributed by atoms with Gasteiger partial charge in [0.2, 0.25) is 11.8 Å². The van der Waals surface area contributed by atoms with Crippen LogP contribution in [0, 0.1) is 12.8 Å². The minimum absolute atomic E-state index is 0.0699. The first-order valence-electron chi connectivity index (χ1n) is 7.43. The van der Waals surface area contributed by atoms with Gasteiger partial charge in [-0.25, -0.2) is 0 Å². The van der Waals surface area contributed by atoms with Gasteiger partial charge in [0.25, 0.3) is 0 Å². The van der Waals surface area contributed by atoms with Crippen molar-refractivity contribution in [3.05, 3.63) is 23.8 Å². The van der Waals surface area contributed by atoms with Crippen molar-refractivity contribution in [2.24, 2.45) is 5.92 Å². The van der Waals surface area contributed by atoms with Crippen molar-refractivity contribution in [1.82, 2.24) is 4.90 Å². The van der Waals surface area contributed by atoms with Gasteiger partial charge in [0.1, 0.15) is 0 Å². The molecule has 2 rings (SSSR count). The number of carbonyl (C=O) groups excluding carboxylic acids is 2. The van der Waals surface area contributed by atoms with Gasteiger partial charge in [0.05, 0.1) is 17.9 Å². The molecule has 0 radical (unpaired) electrons. The normalized spacial score (nSPS) is 18.1. The summed E-state index contributed by atoms with van der Waals surface area (Å²) in [6, 6.07) is 5.49. The molecule has 0 spiro atoms. The predicted octanol–water partition coefficient (Wildman–Crippen LogP) is 2.16. The summed E-state index contributed by atoms with van der Waals surface area (Å²) in [4.78, 5) is 25.6. The molecule has 0 aromatic heterocycles. The summed E-state index contributed by atoms with van der Waals surface area (Å²) < 4.78 is 0. The number of hydrogen-bond donors (Lipinski definition) is 2. The van der Waals surface area contributed by atoms with E-state index in [2.05, 4.69) is 12.2 Å². The zero-order valence-corrected chi connectivity index (χ0v) is 12.7. The first-order chi connectivity index (χ1) is 9.99. The lowest BCUT2D eigenvalue weighted by Crippen LogP contribution is -2.34. The maximum absolute atomic E-state index is 12.1. The Morgan fingerprint density at radius 2 is 2.24 bits per heavy atom. The quantitative estimate of drug-likeness (QED) is 0.816. The van der Waals surface area contributed by atoms with Crippen LogP contribution in [-0.2, 0) is 9.59 Å². The SMILES string of the molecule is CCCC1CC(=O)N(CC(=O)Nc2ccc(C)cc2N)C1. The van der Waals surface area contributed by atoms with Gasteiger partial charge in [-0.05, 0) is 37.0 Å². The highest BCUT2D eigenvalue weighted by atomic mass is 16.2. The summed E-state index contributed by atoms with van der Waals surface area (Å²) in [6.07, 6.45) is 2.67. The van der Waals surface area contributed by atoms with Gasteiger partial charge in [-0.3, -0.25) is 9.59 Å². The fraction of sp³-hybridized carbons (Fsp3) is 0.500. The van der Waals surface area contributed by atoms with Gasteiger partial charge >= 0.3 is 0 Å². The molecule has 21 heavy (non-hydrogen) atoms. The molecule has 114 valence electrons. The molecule has 1 aliphatic heterocycles. The summed E-state index contributed by atoms with van der Waals surface area (Å²) in [5.74, 6) is 0.260. The standard InChI is InChI=1S/C16H23N3O2/c1-3-4-12-8-16(21)19(9-12)10-15(20)18-14-6-5-11(2)7-13(14)17/h5-7,12H,3-4,8-10,17H2,1-2H3,(H,18,20). The van der Waals surface area contributed by atoms with Gasteiger partial charge in [-0.1, -0.05) is 19.4 Å². The maximum atomic E-state index is 12.1. The number of likely N-dealkylation sites (tertiary alicyclic amines) is 1. The fourth-order valence-electron chi connectivity index (χ4n) is 2.77. The highest BCUT2D eigenvalue weighted by molar-refractivity contribution is 5.97. The van der Waals surface area contributed by atoms with E-state index in [9.17, 15) is 9.59 Å². The summed E-state index contributed by atoms with van der Waals surface area (Å²) in [5.41, 5.74) is 8.06. The van der Waals surface area contributed by atoms with Crippen LogP contribution in [-0.4, -0.2) is 29.8 Å². The number of nitrogens with two attached hydrogens (primary N) is 1. The first kappa shape index (κ1) is 15.4. The monoisotopic (exact) mass is 289 g/mol. The smallest absolute Gasteiger partial charge is 0.244 e. The molecule has 0 bridgehead atoms. The van der Waals surface area contributed by atoms with E-state index in [0.29, 0.717) is 30.3 Å². The highest BCUT2D eigenvalue weighted by Crippen LogP contribution is 2.23. The van der Waals surface area contributed by atoms with E-state index >= 15 is 0 Å². The van der Waals surface area contributed by atoms with Crippen molar-refractivity contribution in [2.45, 2.75) is 33.1 Å². The van der Waals surface area contributed by atoms with Crippen LogP contribution in [0.25, 0.3) is 0 Å². The van der Waals surface area contributed by atoms with Crippen molar-refractivity contribution in [2.75, 3.05) is 24.1 Å². The molecule has 1 aliphatic rings. The Morgan fingerprint density at radius 3 is 2.90 bits per heavy atom. The Morgan fingerprint density at radius 1 is 1.48 bits per heavy atom. The Bertz CT molecular complexity index is 542. The molecule has 1 aromatic carbocycles. The molecule has 1 atom stereocenters. The van der Waals surface area contributed by atoms with Gasteiger partial charge < -0.3 is 16.0 Å². The number of carbonyl (C=O) groups is 2. The molecule has 2 amide bonds. The molecule has 1 heterocycles. The van der Waals surface area contributed by atoms with Crippen LogP contribution >= 0.6 is 0 Å². The molecular weight excluding hydrogens is 266 g/mol. The van der Waals surface area contributed by atoms with Crippen molar-refractivity contribution in [3.8, 4) is 0 Å². The lowest BCUT2D eigenvalue weighted by Gasteiger charge is -2.17. The van der Waals surface area contributed by atoms with Gasteiger partial charge in [-0.15, -0.1) is 0 Å². The predicted molar refractivity (Wildman–Crippen MR) is 83.8 cm³/mol. The van der Waals surface area contributed by atoms with Crippen LogP contribution in [0.15, 0.2) is 18.2 Å². The molecule has 1 fully saturated rings. The molecule has 1 unspecified atom stereocenters. The van der Waals surface area contributed by atoms with E-state index in [4.69, 9.17) is 5.73 Å². The number of nitrogens with zero attached hydrogens (tertiary/aromatic N) is 1. The van der Waals surface area contributed by atoms with E-state index < -0.39 is 0 Å². The second-order valence-electron chi connectivity index (χ2n) is 5.77. The summed E-state index contributed by atoms with van der Waals surface area (Å²) in [6.45, 7) is 4.84. The minimum atomic E-state index is -0.198. The average Bonchev–Trinajstić information content (AvgIpc) is 2.74. The first-order valence-corrected chi connectivity index (χ1v) is 7.43. The number of anilines is 2. The Kier molecular flexibility index (Phi) is 4.83. The molecule has 1 aromatic rings. The third-order valence-corrected chi connectivity index (χ3v) is 3.81. The largest absolute Gasteiger partial charge is 0.397 e. The molecule has 5 heteroatoms. The molecule has 0 aliphatic carbocycles. The molecule has 1 saturated heterocycles. The van der Waals surface area contributed by atoms with Crippen molar-refractivity contribution >= 4 is 23.2 Å². The van der Waals surface area contributed by atoms with Gasteiger partial charge in [-0.2, -0.15) is 0 Å². The number of hydrogen-bond acceptors (Lipinski definition) is 3.